The first-order chi connectivity index (χ1) is 8.96. The predicted octanol–water partition coefficient (Wildman–Crippen LogP) is 1.91. The highest BCUT2D eigenvalue weighted by Crippen LogP contribution is 2.16. The topological polar surface area (TPSA) is 85.1 Å². The Morgan fingerprint density at radius 2 is 2.11 bits per heavy atom. The van der Waals surface area contributed by atoms with Crippen molar-refractivity contribution < 1.29 is 8.42 Å². The smallest absolute Gasteiger partial charge is 0.236 e. The van der Waals surface area contributed by atoms with Crippen LogP contribution in [0.2, 0.25) is 0 Å². The molecule has 0 radical (unpaired) electrons. The summed E-state index contributed by atoms with van der Waals surface area (Å²) >= 11 is 0. The number of sulfonamides is 1. The summed E-state index contributed by atoms with van der Waals surface area (Å²) in [5.74, 6) is -0.111. The second kappa shape index (κ2) is 5.27. The normalized spacial score (nSPS) is 11.2. The van der Waals surface area contributed by atoms with Crippen molar-refractivity contribution >= 4 is 21.4 Å². The first kappa shape index (κ1) is 13.4. The molecular formula is C13H15N3O2S. The van der Waals surface area contributed by atoms with Gasteiger partial charge in [0.15, 0.2) is 0 Å². The summed E-state index contributed by atoms with van der Waals surface area (Å²) in [5, 5.41) is 0. The lowest BCUT2D eigenvalue weighted by atomic mass is 10.2. The third-order valence-electron chi connectivity index (χ3n) is 2.59. The third-order valence-corrected chi connectivity index (χ3v) is 3.84. The van der Waals surface area contributed by atoms with Crippen LogP contribution in [0.1, 0.15) is 11.1 Å². The van der Waals surface area contributed by atoms with Gasteiger partial charge in [-0.25, -0.2) is 8.42 Å². The highest BCUT2D eigenvalue weighted by Gasteiger charge is 2.13. The Balaban J connectivity index is 2.18. The van der Waals surface area contributed by atoms with E-state index in [4.69, 9.17) is 5.73 Å². The van der Waals surface area contributed by atoms with Gasteiger partial charge in [0.25, 0.3) is 0 Å². The quantitative estimate of drug-likeness (QED) is 0.836. The van der Waals surface area contributed by atoms with Crippen molar-refractivity contribution in [1.29, 1.82) is 0 Å². The fraction of sp³-hybridized carbons (Fsp3) is 0.154. The van der Waals surface area contributed by atoms with E-state index in [1.165, 1.54) is 0 Å². The van der Waals surface area contributed by atoms with Crippen molar-refractivity contribution in [2.45, 2.75) is 12.7 Å². The van der Waals surface area contributed by atoms with Crippen molar-refractivity contribution in [3.63, 3.8) is 0 Å². The molecule has 0 aliphatic heterocycles. The molecule has 5 nitrogen and oxygen atoms in total. The largest absolute Gasteiger partial charge is 0.399 e. The zero-order chi connectivity index (χ0) is 13.9. The van der Waals surface area contributed by atoms with Gasteiger partial charge in [-0.3, -0.25) is 9.71 Å². The monoisotopic (exact) mass is 277 g/mol. The highest BCUT2D eigenvalue weighted by atomic mass is 32.2. The number of nitrogens with one attached hydrogen (secondary N) is 1. The van der Waals surface area contributed by atoms with Gasteiger partial charge < -0.3 is 5.73 Å². The number of pyridine rings is 1. The van der Waals surface area contributed by atoms with Crippen molar-refractivity contribution in [3.8, 4) is 0 Å². The lowest BCUT2D eigenvalue weighted by Crippen LogP contribution is -2.16. The molecule has 0 unspecified atom stereocenters. The molecule has 0 atom stereocenters. The first-order valence-corrected chi connectivity index (χ1v) is 7.37. The van der Waals surface area contributed by atoms with E-state index in [0.29, 0.717) is 16.9 Å². The molecule has 3 N–H and O–H groups in total. The van der Waals surface area contributed by atoms with Crippen LogP contribution in [0.4, 0.5) is 11.4 Å². The summed E-state index contributed by atoms with van der Waals surface area (Å²) in [5.41, 5.74) is 8.15. The molecular weight excluding hydrogens is 262 g/mol. The molecule has 0 bridgehead atoms. The third kappa shape index (κ3) is 3.69. The molecule has 0 spiro atoms. The van der Waals surface area contributed by atoms with Crippen LogP contribution < -0.4 is 10.5 Å². The van der Waals surface area contributed by atoms with Crippen LogP contribution in [0.3, 0.4) is 0 Å². The first-order valence-electron chi connectivity index (χ1n) is 5.72. The Morgan fingerprint density at radius 1 is 1.32 bits per heavy atom. The van der Waals surface area contributed by atoms with Crippen LogP contribution in [-0.2, 0) is 15.8 Å². The van der Waals surface area contributed by atoms with Crippen LogP contribution >= 0.6 is 0 Å². The zero-order valence-corrected chi connectivity index (χ0v) is 11.3. The Labute approximate surface area is 112 Å². The number of hydrogen-bond donors (Lipinski definition) is 2. The number of rotatable bonds is 4. The number of aromatic nitrogens is 1. The number of aryl methyl sites for hydroxylation is 1. The number of nitrogens with two attached hydrogens (primary N) is 1. The van der Waals surface area contributed by atoms with Gasteiger partial charge in [-0.05, 0) is 36.2 Å². The minimum Gasteiger partial charge on any atom is -0.399 e. The van der Waals surface area contributed by atoms with Gasteiger partial charge in [0.1, 0.15) is 0 Å². The maximum Gasteiger partial charge on any atom is 0.236 e. The standard InChI is InChI=1S/C13H15N3O2S/c1-10-8-15-6-5-13(10)16-19(17,18)9-11-3-2-4-12(14)7-11/h2-8H,9,14H2,1H3,(H,15,16). The maximum absolute atomic E-state index is 12.1. The molecule has 0 fully saturated rings. The Bertz CT molecular complexity index is 684. The van der Waals surface area contributed by atoms with E-state index >= 15 is 0 Å². The average molecular weight is 277 g/mol. The van der Waals surface area contributed by atoms with Gasteiger partial charge in [0, 0.05) is 18.1 Å². The van der Waals surface area contributed by atoms with Crippen LogP contribution in [0.15, 0.2) is 42.7 Å². The summed E-state index contributed by atoms with van der Waals surface area (Å²) in [6.45, 7) is 1.80. The van der Waals surface area contributed by atoms with E-state index in [1.54, 1.807) is 49.6 Å². The minimum absolute atomic E-state index is 0.111. The van der Waals surface area contributed by atoms with Crippen LogP contribution in [0.5, 0.6) is 0 Å². The van der Waals surface area contributed by atoms with Crippen LogP contribution in [-0.4, -0.2) is 13.4 Å². The van der Waals surface area contributed by atoms with Gasteiger partial charge in [-0.2, -0.15) is 0 Å². The van der Waals surface area contributed by atoms with E-state index in [-0.39, 0.29) is 5.75 Å². The summed E-state index contributed by atoms with van der Waals surface area (Å²) < 4.78 is 26.7. The number of nitrogen functional groups attached to an aromatic ring is 1. The summed E-state index contributed by atoms with van der Waals surface area (Å²) in [6, 6.07) is 8.47. The fourth-order valence-electron chi connectivity index (χ4n) is 1.69. The number of anilines is 2. The van der Waals surface area contributed by atoms with E-state index < -0.39 is 10.0 Å². The molecule has 100 valence electrons. The van der Waals surface area contributed by atoms with E-state index in [1.807, 2.05) is 0 Å². The van der Waals surface area contributed by atoms with Gasteiger partial charge in [0.2, 0.25) is 10.0 Å². The highest BCUT2D eigenvalue weighted by molar-refractivity contribution is 7.91. The van der Waals surface area contributed by atoms with Gasteiger partial charge >= 0.3 is 0 Å². The molecule has 0 saturated heterocycles. The molecule has 1 heterocycles. The predicted molar refractivity (Wildman–Crippen MR) is 76.1 cm³/mol. The molecule has 0 amide bonds. The lowest BCUT2D eigenvalue weighted by Gasteiger charge is -2.10. The molecule has 0 aliphatic rings. The zero-order valence-electron chi connectivity index (χ0n) is 10.5. The molecule has 1 aromatic carbocycles. The summed E-state index contributed by atoms with van der Waals surface area (Å²) in [7, 11) is -3.46. The van der Waals surface area contributed by atoms with E-state index in [0.717, 1.165) is 5.56 Å². The molecule has 19 heavy (non-hydrogen) atoms. The van der Waals surface area contributed by atoms with Gasteiger partial charge in [0.05, 0.1) is 11.4 Å². The number of benzene rings is 1. The summed E-state index contributed by atoms with van der Waals surface area (Å²) in [6.07, 6.45) is 3.16. The second-order valence-electron chi connectivity index (χ2n) is 4.30. The minimum atomic E-state index is -3.46. The molecule has 2 aromatic rings. The fourth-order valence-corrected chi connectivity index (χ4v) is 2.95. The van der Waals surface area contributed by atoms with Crippen molar-refractivity contribution in [2.24, 2.45) is 0 Å². The molecule has 1 aromatic heterocycles. The number of nitrogens with zero attached hydrogens (tertiary/aromatic N) is 1. The van der Waals surface area contributed by atoms with E-state index in [2.05, 4.69) is 9.71 Å². The number of hydrogen-bond acceptors (Lipinski definition) is 4. The average Bonchev–Trinajstić information content (AvgIpc) is 2.31. The van der Waals surface area contributed by atoms with Crippen molar-refractivity contribution in [3.05, 3.63) is 53.9 Å². The molecule has 6 heteroatoms. The Hall–Kier alpha value is -2.08. The van der Waals surface area contributed by atoms with Gasteiger partial charge in [-0.1, -0.05) is 12.1 Å². The van der Waals surface area contributed by atoms with Crippen molar-refractivity contribution in [1.82, 2.24) is 4.98 Å². The SMILES string of the molecule is Cc1cnccc1NS(=O)(=O)Cc1cccc(N)c1. The second-order valence-corrected chi connectivity index (χ2v) is 6.02. The molecule has 2 rings (SSSR count). The van der Waals surface area contributed by atoms with E-state index in [9.17, 15) is 8.42 Å². The van der Waals surface area contributed by atoms with Crippen LogP contribution in [0.25, 0.3) is 0 Å². The van der Waals surface area contributed by atoms with Crippen molar-refractivity contribution in [2.75, 3.05) is 10.5 Å². The Kier molecular flexibility index (Phi) is 3.71. The lowest BCUT2D eigenvalue weighted by molar-refractivity contribution is 0.600. The van der Waals surface area contributed by atoms with Gasteiger partial charge in [-0.15, -0.1) is 0 Å². The molecule has 0 aliphatic carbocycles. The van der Waals surface area contributed by atoms with Crippen LogP contribution in [0, 0.1) is 6.92 Å². The summed E-state index contributed by atoms with van der Waals surface area (Å²) in [4.78, 5) is 3.92. The Morgan fingerprint density at radius 3 is 2.79 bits per heavy atom. The maximum atomic E-state index is 12.1. The molecule has 0 saturated carbocycles.